The van der Waals surface area contributed by atoms with Crippen LogP contribution in [0.2, 0.25) is 0 Å². The molecule has 0 fully saturated rings. The summed E-state index contributed by atoms with van der Waals surface area (Å²) in [5.41, 5.74) is 2.51. The number of rotatable bonds is 6. The van der Waals surface area contributed by atoms with E-state index in [1.165, 1.54) is 0 Å². The normalized spacial score (nSPS) is 12.2. The van der Waals surface area contributed by atoms with Crippen LogP contribution in [0.5, 0.6) is 5.75 Å². The third-order valence-corrected chi connectivity index (χ3v) is 2.25. The summed E-state index contributed by atoms with van der Waals surface area (Å²) in [6.07, 6.45) is 8.71. The third kappa shape index (κ3) is 4.43. The SMILES string of the molecule is C=C/C(=C\C=C(/C)CO)Nc1cncc(OC)c1. The Bertz CT molecular complexity index is 465. The second-order valence-electron chi connectivity index (χ2n) is 3.74. The molecule has 4 heteroatoms. The first-order valence-corrected chi connectivity index (χ1v) is 5.56. The zero-order valence-corrected chi connectivity index (χ0v) is 10.7. The van der Waals surface area contributed by atoms with Gasteiger partial charge in [-0.15, -0.1) is 0 Å². The Hall–Kier alpha value is -2.07. The van der Waals surface area contributed by atoms with Gasteiger partial charge in [0.25, 0.3) is 0 Å². The van der Waals surface area contributed by atoms with Gasteiger partial charge in [0.1, 0.15) is 5.75 Å². The van der Waals surface area contributed by atoms with E-state index in [1.807, 2.05) is 25.1 Å². The van der Waals surface area contributed by atoms with Crippen molar-refractivity contribution >= 4 is 5.69 Å². The average molecular weight is 246 g/mol. The maximum absolute atomic E-state index is 8.91. The summed E-state index contributed by atoms with van der Waals surface area (Å²) in [5.74, 6) is 0.686. The molecular weight excluding hydrogens is 228 g/mol. The van der Waals surface area contributed by atoms with Crippen LogP contribution in [-0.4, -0.2) is 23.8 Å². The van der Waals surface area contributed by atoms with Crippen molar-refractivity contribution in [1.82, 2.24) is 4.98 Å². The van der Waals surface area contributed by atoms with Crippen molar-refractivity contribution in [2.75, 3.05) is 19.0 Å². The van der Waals surface area contributed by atoms with E-state index in [4.69, 9.17) is 9.84 Å². The number of nitrogens with zero attached hydrogens (tertiary/aromatic N) is 1. The summed E-state index contributed by atoms with van der Waals surface area (Å²) < 4.78 is 5.09. The van der Waals surface area contributed by atoms with E-state index in [0.717, 1.165) is 17.0 Å². The number of ether oxygens (including phenoxy) is 1. The molecule has 0 radical (unpaired) electrons. The van der Waals surface area contributed by atoms with Gasteiger partial charge in [-0.25, -0.2) is 0 Å². The van der Waals surface area contributed by atoms with Gasteiger partial charge in [-0.05, 0) is 24.6 Å². The third-order valence-electron chi connectivity index (χ3n) is 2.25. The number of hydrogen-bond donors (Lipinski definition) is 2. The summed E-state index contributed by atoms with van der Waals surface area (Å²) in [5, 5.41) is 12.1. The van der Waals surface area contributed by atoms with Crippen LogP contribution in [0.3, 0.4) is 0 Å². The van der Waals surface area contributed by atoms with Crippen LogP contribution in [0.15, 0.2) is 54.5 Å². The molecule has 1 rings (SSSR count). The fraction of sp³-hybridized carbons (Fsp3) is 0.214. The maximum atomic E-state index is 8.91. The zero-order valence-electron chi connectivity index (χ0n) is 10.7. The van der Waals surface area contributed by atoms with Crippen LogP contribution >= 0.6 is 0 Å². The highest BCUT2D eigenvalue weighted by atomic mass is 16.5. The van der Waals surface area contributed by atoms with Gasteiger partial charge in [0.15, 0.2) is 0 Å². The van der Waals surface area contributed by atoms with Crippen molar-refractivity contribution < 1.29 is 9.84 Å². The molecule has 0 saturated heterocycles. The smallest absolute Gasteiger partial charge is 0.139 e. The molecule has 1 aromatic rings. The number of hydrogen-bond acceptors (Lipinski definition) is 4. The van der Waals surface area contributed by atoms with Crippen molar-refractivity contribution in [2.24, 2.45) is 0 Å². The molecule has 0 spiro atoms. The van der Waals surface area contributed by atoms with E-state index in [2.05, 4.69) is 16.9 Å². The minimum absolute atomic E-state index is 0.0433. The molecule has 0 atom stereocenters. The van der Waals surface area contributed by atoms with Crippen molar-refractivity contribution in [3.63, 3.8) is 0 Å². The van der Waals surface area contributed by atoms with Crippen LogP contribution in [-0.2, 0) is 0 Å². The van der Waals surface area contributed by atoms with Gasteiger partial charge in [-0.2, -0.15) is 0 Å². The lowest BCUT2D eigenvalue weighted by Gasteiger charge is -2.07. The number of methoxy groups -OCH3 is 1. The highest BCUT2D eigenvalue weighted by Crippen LogP contribution is 2.16. The van der Waals surface area contributed by atoms with Crippen LogP contribution in [0.1, 0.15) is 6.92 Å². The number of anilines is 1. The minimum atomic E-state index is 0.0433. The zero-order chi connectivity index (χ0) is 13.4. The molecule has 0 aliphatic rings. The van der Waals surface area contributed by atoms with E-state index in [-0.39, 0.29) is 6.61 Å². The van der Waals surface area contributed by atoms with Crippen molar-refractivity contribution in [2.45, 2.75) is 6.92 Å². The summed E-state index contributed by atoms with van der Waals surface area (Å²) in [6, 6.07) is 1.84. The predicted octanol–water partition coefficient (Wildman–Crippen LogP) is 2.51. The Morgan fingerprint density at radius 1 is 1.50 bits per heavy atom. The molecule has 0 amide bonds. The quantitative estimate of drug-likeness (QED) is 0.757. The summed E-state index contributed by atoms with van der Waals surface area (Å²) in [4.78, 5) is 4.05. The molecule has 0 aliphatic heterocycles. The molecule has 2 N–H and O–H groups in total. The fourth-order valence-electron chi connectivity index (χ4n) is 1.21. The lowest BCUT2D eigenvalue weighted by molar-refractivity contribution is 0.331. The number of allylic oxidation sites excluding steroid dienone is 3. The first-order valence-electron chi connectivity index (χ1n) is 5.56. The molecule has 0 aromatic carbocycles. The Balaban J connectivity index is 2.82. The van der Waals surface area contributed by atoms with Gasteiger partial charge in [0.05, 0.1) is 31.8 Å². The molecule has 0 saturated carbocycles. The van der Waals surface area contributed by atoms with Crippen molar-refractivity contribution in [3.05, 3.63) is 54.5 Å². The van der Waals surface area contributed by atoms with Crippen molar-refractivity contribution in [3.8, 4) is 5.75 Å². The number of aromatic nitrogens is 1. The van der Waals surface area contributed by atoms with Crippen LogP contribution < -0.4 is 10.1 Å². The largest absolute Gasteiger partial charge is 0.495 e. The van der Waals surface area contributed by atoms with E-state index in [9.17, 15) is 0 Å². The standard InChI is InChI=1S/C14H18N2O2/c1-4-12(6-5-11(2)10-17)16-13-7-14(18-3)9-15-8-13/h4-9,16-17H,1,10H2,2-3H3/b11-5+,12-6+. The van der Waals surface area contributed by atoms with E-state index in [0.29, 0.717) is 5.75 Å². The fourth-order valence-corrected chi connectivity index (χ4v) is 1.21. The van der Waals surface area contributed by atoms with Gasteiger partial charge in [-0.1, -0.05) is 12.7 Å². The molecule has 4 nitrogen and oxygen atoms in total. The number of aliphatic hydroxyl groups is 1. The highest BCUT2D eigenvalue weighted by Gasteiger charge is 1.97. The monoisotopic (exact) mass is 246 g/mol. The van der Waals surface area contributed by atoms with Gasteiger partial charge < -0.3 is 15.2 Å². The molecule has 18 heavy (non-hydrogen) atoms. The van der Waals surface area contributed by atoms with Crippen molar-refractivity contribution in [1.29, 1.82) is 0 Å². The highest BCUT2D eigenvalue weighted by molar-refractivity contribution is 5.52. The van der Waals surface area contributed by atoms with E-state index in [1.54, 1.807) is 25.6 Å². The Kier molecular flexibility index (Phi) is 5.67. The van der Waals surface area contributed by atoms with Crippen LogP contribution in [0, 0.1) is 0 Å². The topological polar surface area (TPSA) is 54.4 Å². The Labute approximate surface area is 107 Å². The predicted molar refractivity (Wildman–Crippen MR) is 73.5 cm³/mol. The average Bonchev–Trinajstić information content (AvgIpc) is 2.43. The molecule has 1 heterocycles. The molecule has 96 valence electrons. The molecule has 0 unspecified atom stereocenters. The first kappa shape index (κ1) is 14.0. The van der Waals surface area contributed by atoms with Gasteiger partial charge in [0, 0.05) is 11.8 Å². The lowest BCUT2D eigenvalue weighted by Crippen LogP contribution is -1.97. The minimum Gasteiger partial charge on any atom is -0.495 e. The van der Waals surface area contributed by atoms with Crippen LogP contribution in [0.25, 0.3) is 0 Å². The van der Waals surface area contributed by atoms with E-state index >= 15 is 0 Å². The number of nitrogens with one attached hydrogen (secondary N) is 1. The summed E-state index contributed by atoms with van der Waals surface area (Å²) >= 11 is 0. The van der Waals surface area contributed by atoms with Gasteiger partial charge in [-0.3, -0.25) is 4.98 Å². The van der Waals surface area contributed by atoms with E-state index < -0.39 is 0 Å². The second kappa shape index (κ2) is 7.29. The van der Waals surface area contributed by atoms with Gasteiger partial charge in [0.2, 0.25) is 0 Å². The maximum Gasteiger partial charge on any atom is 0.139 e. The molecule has 1 aromatic heterocycles. The number of pyridine rings is 1. The molecule has 0 bridgehead atoms. The van der Waals surface area contributed by atoms with Crippen LogP contribution in [0.4, 0.5) is 5.69 Å². The number of aliphatic hydroxyl groups excluding tert-OH is 1. The first-order chi connectivity index (χ1) is 8.69. The Morgan fingerprint density at radius 3 is 2.89 bits per heavy atom. The Morgan fingerprint density at radius 2 is 2.28 bits per heavy atom. The summed E-state index contributed by atoms with van der Waals surface area (Å²) in [7, 11) is 1.60. The lowest BCUT2D eigenvalue weighted by atomic mass is 10.2. The molecular formula is C14H18N2O2. The summed E-state index contributed by atoms with van der Waals surface area (Å²) in [6.45, 7) is 5.62. The second-order valence-corrected chi connectivity index (χ2v) is 3.74. The molecule has 0 aliphatic carbocycles. The van der Waals surface area contributed by atoms with Gasteiger partial charge >= 0.3 is 0 Å².